The molecule has 6 heavy (non-hydrogen) atoms. The van der Waals surface area contributed by atoms with Crippen LogP contribution in [0.25, 0.3) is 0 Å². The SMILES string of the molecule is O=C(O)[C@H]1CN1. The number of hydrogen-bond donors (Lipinski definition) is 2. The second kappa shape index (κ2) is 0.944. The van der Waals surface area contributed by atoms with Gasteiger partial charge in [-0.05, 0) is 0 Å². The highest BCUT2D eigenvalue weighted by molar-refractivity contribution is 5.76. The van der Waals surface area contributed by atoms with Crippen LogP contribution in [0.3, 0.4) is 0 Å². The van der Waals surface area contributed by atoms with Crippen LogP contribution in [-0.4, -0.2) is 23.7 Å². The number of carboxylic acid groups (broad SMARTS) is 1. The Morgan fingerprint density at radius 1 is 2.00 bits per heavy atom. The van der Waals surface area contributed by atoms with E-state index in [1.165, 1.54) is 0 Å². The normalized spacial score (nSPS) is 29.7. The Bertz CT molecular complexity index is 76.9. The van der Waals surface area contributed by atoms with E-state index < -0.39 is 5.97 Å². The Hall–Kier alpha value is -0.570. The molecule has 0 aliphatic carbocycles. The van der Waals surface area contributed by atoms with Crippen LogP contribution >= 0.6 is 0 Å². The van der Waals surface area contributed by atoms with Gasteiger partial charge in [0.05, 0.1) is 0 Å². The average Bonchev–Trinajstić information content (AvgIpc) is 2.06. The maximum Gasteiger partial charge on any atom is 0.322 e. The highest BCUT2D eigenvalue weighted by Crippen LogP contribution is 1.93. The first kappa shape index (κ1) is 3.61. The van der Waals surface area contributed by atoms with Crippen LogP contribution < -0.4 is 5.32 Å². The molecule has 1 fully saturated rings. The summed E-state index contributed by atoms with van der Waals surface area (Å²) in [6, 6.07) is -0.231. The van der Waals surface area contributed by atoms with Crippen molar-refractivity contribution in [1.29, 1.82) is 0 Å². The van der Waals surface area contributed by atoms with E-state index in [9.17, 15) is 4.79 Å². The van der Waals surface area contributed by atoms with Gasteiger partial charge in [0.15, 0.2) is 0 Å². The first-order valence-electron chi connectivity index (χ1n) is 1.77. The maximum atomic E-state index is 9.70. The number of aliphatic carboxylic acids is 1. The molecule has 1 atom stereocenters. The van der Waals surface area contributed by atoms with Gasteiger partial charge in [0.2, 0.25) is 0 Å². The van der Waals surface area contributed by atoms with E-state index in [-0.39, 0.29) is 6.04 Å². The van der Waals surface area contributed by atoms with Crippen molar-refractivity contribution in [2.24, 2.45) is 0 Å². The smallest absolute Gasteiger partial charge is 0.322 e. The summed E-state index contributed by atoms with van der Waals surface area (Å²) in [5.74, 6) is -0.741. The van der Waals surface area contributed by atoms with Gasteiger partial charge >= 0.3 is 5.97 Å². The molecule has 0 bridgehead atoms. The van der Waals surface area contributed by atoms with Gasteiger partial charge in [0.25, 0.3) is 0 Å². The van der Waals surface area contributed by atoms with Gasteiger partial charge in [-0.15, -0.1) is 0 Å². The van der Waals surface area contributed by atoms with Crippen LogP contribution in [0.4, 0.5) is 0 Å². The first-order chi connectivity index (χ1) is 2.80. The monoisotopic (exact) mass is 87.0 g/mol. The summed E-state index contributed by atoms with van der Waals surface area (Å²) in [7, 11) is 0. The summed E-state index contributed by atoms with van der Waals surface area (Å²) in [4.78, 5) is 9.70. The molecule has 0 aromatic heterocycles. The van der Waals surface area contributed by atoms with Gasteiger partial charge in [-0.3, -0.25) is 4.79 Å². The standard InChI is InChI=1S/C3H5NO2/c5-3(6)2-1-4-2/h2,4H,1H2,(H,5,6)/t2-/m1/s1. The minimum Gasteiger partial charge on any atom is -0.480 e. The third-order valence-corrected chi connectivity index (χ3v) is 0.706. The molecule has 1 saturated heterocycles. The van der Waals surface area contributed by atoms with E-state index in [2.05, 4.69) is 5.32 Å². The molecular formula is C3H5NO2. The molecule has 3 nitrogen and oxygen atoms in total. The van der Waals surface area contributed by atoms with Gasteiger partial charge in [0, 0.05) is 6.54 Å². The Morgan fingerprint density at radius 2 is 2.50 bits per heavy atom. The lowest BCUT2D eigenvalue weighted by Crippen LogP contribution is -2.06. The van der Waals surface area contributed by atoms with E-state index in [4.69, 9.17) is 5.11 Å². The van der Waals surface area contributed by atoms with Crippen molar-refractivity contribution in [2.75, 3.05) is 6.54 Å². The Kier molecular flexibility index (Phi) is 0.569. The minimum absolute atomic E-state index is 0.231. The van der Waals surface area contributed by atoms with Crippen molar-refractivity contribution < 1.29 is 9.90 Å². The summed E-state index contributed by atoms with van der Waals surface area (Å²) in [5.41, 5.74) is 0. The lowest BCUT2D eigenvalue weighted by atomic mass is 10.5. The predicted molar refractivity (Wildman–Crippen MR) is 19.4 cm³/mol. The number of carbonyl (C=O) groups is 1. The van der Waals surface area contributed by atoms with Gasteiger partial charge in [-0.1, -0.05) is 0 Å². The fraction of sp³-hybridized carbons (Fsp3) is 0.667. The van der Waals surface area contributed by atoms with E-state index in [1.807, 2.05) is 0 Å². The van der Waals surface area contributed by atoms with Crippen molar-refractivity contribution in [3.63, 3.8) is 0 Å². The molecule has 1 aliphatic heterocycles. The van der Waals surface area contributed by atoms with Gasteiger partial charge in [-0.2, -0.15) is 0 Å². The fourth-order valence-electron chi connectivity index (χ4n) is 0.234. The largest absolute Gasteiger partial charge is 0.480 e. The minimum atomic E-state index is -0.741. The second-order valence-electron chi connectivity index (χ2n) is 1.30. The molecule has 34 valence electrons. The topological polar surface area (TPSA) is 59.2 Å². The quantitative estimate of drug-likeness (QED) is 0.405. The number of rotatable bonds is 1. The van der Waals surface area contributed by atoms with E-state index in [0.29, 0.717) is 6.54 Å². The zero-order chi connectivity index (χ0) is 4.57. The highest BCUT2D eigenvalue weighted by Gasteiger charge is 2.27. The summed E-state index contributed by atoms with van der Waals surface area (Å²) in [6.45, 7) is 0.648. The zero-order valence-electron chi connectivity index (χ0n) is 3.14. The fourth-order valence-corrected chi connectivity index (χ4v) is 0.234. The molecule has 0 unspecified atom stereocenters. The van der Waals surface area contributed by atoms with Crippen molar-refractivity contribution in [3.8, 4) is 0 Å². The van der Waals surface area contributed by atoms with E-state index >= 15 is 0 Å². The molecule has 0 radical (unpaired) electrons. The molecule has 1 aliphatic rings. The number of hydrogen-bond acceptors (Lipinski definition) is 2. The third kappa shape index (κ3) is 0.490. The maximum absolute atomic E-state index is 9.70. The summed E-state index contributed by atoms with van der Waals surface area (Å²) < 4.78 is 0. The average molecular weight is 87.1 g/mol. The van der Waals surface area contributed by atoms with Crippen molar-refractivity contribution in [1.82, 2.24) is 5.32 Å². The highest BCUT2D eigenvalue weighted by atomic mass is 16.4. The second-order valence-corrected chi connectivity index (χ2v) is 1.30. The van der Waals surface area contributed by atoms with Crippen LogP contribution in [0.5, 0.6) is 0 Å². The van der Waals surface area contributed by atoms with Crippen LogP contribution in [0.2, 0.25) is 0 Å². The lowest BCUT2D eigenvalue weighted by Gasteiger charge is -1.74. The molecule has 0 aromatic carbocycles. The van der Waals surface area contributed by atoms with Crippen LogP contribution in [0.1, 0.15) is 0 Å². The molecule has 0 saturated carbocycles. The van der Waals surface area contributed by atoms with Crippen LogP contribution in [0.15, 0.2) is 0 Å². The van der Waals surface area contributed by atoms with Gasteiger partial charge in [0.1, 0.15) is 6.04 Å². The Labute approximate surface area is 35.0 Å². The predicted octanol–water partition coefficient (Wildman–Crippen LogP) is -0.957. The van der Waals surface area contributed by atoms with Crippen molar-refractivity contribution in [3.05, 3.63) is 0 Å². The molecule has 1 rings (SSSR count). The molecule has 2 N–H and O–H groups in total. The van der Waals surface area contributed by atoms with Crippen molar-refractivity contribution in [2.45, 2.75) is 6.04 Å². The van der Waals surface area contributed by atoms with E-state index in [1.54, 1.807) is 0 Å². The Balaban J connectivity index is 2.31. The van der Waals surface area contributed by atoms with Crippen molar-refractivity contribution >= 4 is 5.97 Å². The summed E-state index contributed by atoms with van der Waals surface area (Å²) in [6.07, 6.45) is 0. The molecular weight excluding hydrogens is 82.0 g/mol. The van der Waals surface area contributed by atoms with Gasteiger partial charge in [-0.25, -0.2) is 0 Å². The lowest BCUT2D eigenvalue weighted by molar-refractivity contribution is -0.136. The van der Waals surface area contributed by atoms with E-state index in [0.717, 1.165) is 0 Å². The molecule has 0 amide bonds. The molecule has 1 heterocycles. The zero-order valence-corrected chi connectivity index (χ0v) is 3.14. The number of nitrogens with one attached hydrogen (secondary N) is 1. The van der Waals surface area contributed by atoms with Crippen LogP contribution in [-0.2, 0) is 4.79 Å². The summed E-state index contributed by atoms with van der Waals surface area (Å²) >= 11 is 0. The molecule has 0 spiro atoms. The Morgan fingerprint density at radius 3 is 2.50 bits per heavy atom. The van der Waals surface area contributed by atoms with Crippen LogP contribution in [0, 0.1) is 0 Å². The molecule has 3 heteroatoms. The molecule has 0 aromatic rings. The number of carboxylic acids is 1. The third-order valence-electron chi connectivity index (χ3n) is 0.706. The summed E-state index contributed by atoms with van der Waals surface area (Å²) in [5, 5.41) is 10.6. The van der Waals surface area contributed by atoms with Gasteiger partial charge < -0.3 is 10.4 Å². The first-order valence-corrected chi connectivity index (χ1v) is 1.77.